The highest BCUT2D eigenvalue weighted by atomic mass is 35.5. The van der Waals surface area contributed by atoms with E-state index in [1.165, 1.54) is 23.1 Å². The summed E-state index contributed by atoms with van der Waals surface area (Å²) in [6.07, 6.45) is 3.26. The summed E-state index contributed by atoms with van der Waals surface area (Å²) in [6.45, 7) is 0.306. The number of amides is 1. The second-order valence-corrected chi connectivity index (χ2v) is 4.53. The number of carbonyl (C=O) groups excluding carboxylic acids is 1. The molecule has 104 valence electrons. The Kier molecular flexibility index (Phi) is 3.99. The lowest BCUT2D eigenvalue weighted by atomic mass is 10.2. The molecule has 1 N–H and O–H groups in total. The number of halogens is 1. The molecule has 0 unspecified atom stereocenters. The molecule has 0 fully saturated rings. The van der Waals surface area contributed by atoms with E-state index >= 15 is 0 Å². The van der Waals surface area contributed by atoms with E-state index in [1.807, 2.05) is 0 Å². The van der Waals surface area contributed by atoms with Gasteiger partial charge in [0, 0.05) is 31.1 Å². The molecule has 0 aliphatic carbocycles. The van der Waals surface area contributed by atoms with Crippen LogP contribution < -0.4 is 0 Å². The molecule has 0 spiro atoms. The van der Waals surface area contributed by atoms with Crippen LogP contribution in [-0.2, 0) is 6.54 Å². The van der Waals surface area contributed by atoms with Crippen LogP contribution in [0.1, 0.15) is 16.2 Å². The standard InChI is InChI=1S/C12H11ClN4O3/c1-16(7-11-14-4-5-15-11)12(18)8-2-3-10(17(19)20)9(13)6-8/h2-6H,7H2,1H3,(H,14,15). The first kappa shape index (κ1) is 14.0. The zero-order chi connectivity index (χ0) is 14.7. The van der Waals surface area contributed by atoms with Crippen LogP contribution in [-0.4, -0.2) is 32.7 Å². The average Bonchev–Trinajstić information content (AvgIpc) is 2.90. The highest BCUT2D eigenvalue weighted by molar-refractivity contribution is 6.33. The summed E-state index contributed by atoms with van der Waals surface area (Å²) < 4.78 is 0. The van der Waals surface area contributed by atoms with Crippen molar-refractivity contribution < 1.29 is 9.72 Å². The molecule has 0 aliphatic heterocycles. The fraction of sp³-hybridized carbons (Fsp3) is 0.167. The third-order valence-corrected chi connectivity index (χ3v) is 2.98. The van der Waals surface area contributed by atoms with Crippen molar-refractivity contribution in [2.45, 2.75) is 6.54 Å². The number of nitro groups is 1. The van der Waals surface area contributed by atoms with Crippen molar-refractivity contribution in [3.05, 3.63) is 57.1 Å². The second kappa shape index (κ2) is 5.70. The third kappa shape index (κ3) is 2.94. The van der Waals surface area contributed by atoms with Crippen molar-refractivity contribution in [2.75, 3.05) is 7.05 Å². The van der Waals surface area contributed by atoms with Crippen molar-refractivity contribution in [3.8, 4) is 0 Å². The Hall–Kier alpha value is -2.41. The summed E-state index contributed by atoms with van der Waals surface area (Å²) >= 11 is 5.78. The first-order valence-corrected chi connectivity index (χ1v) is 6.04. The lowest BCUT2D eigenvalue weighted by molar-refractivity contribution is -0.384. The van der Waals surface area contributed by atoms with Gasteiger partial charge in [-0.15, -0.1) is 0 Å². The van der Waals surface area contributed by atoms with Gasteiger partial charge in [-0.1, -0.05) is 11.6 Å². The zero-order valence-electron chi connectivity index (χ0n) is 10.5. The topological polar surface area (TPSA) is 92.1 Å². The molecule has 0 saturated heterocycles. The Labute approximate surface area is 119 Å². The molecule has 2 aromatic rings. The van der Waals surface area contributed by atoms with Gasteiger partial charge in [-0.25, -0.2) is 4.98 Å². The molecule has 0 saturated carbocycles. The number of hydrogen-bond donors (Lipinski definition) is 1. The van der Waals surface area contributed by atoms with Crippen LogP contribution in [0.5, 0.6) is 0 Å². The van der Waals surface area contributed by atoms with Gasteiger partial charge in [0.25, 0.3) is 11.6 Å². The molecule has 8 heteroatoms. The maximum atomic E-state index is 12.2. The number of carbonyl (C=O) groups is 1. The van der Waals surface area contributed by atoms with E-state index in [4.69, 9.17) is 11.6 Å². The van der Waals surface area contributed by atoms with Crippen molar-refractivity contribution in [1.82, 2.24) is 14.9 Å². The van der Waals surface area contributed by atoms with Crippen LogP contribution in [0.3, 0.4) is 0 Å². The summed E-state index contributed by atoms with van der Waals surface area (Å²) in [6, 6.07) is 3.89. The van der Waals surface area contributed by atoms with E-state index in [-0.39, 0.29) is 22.2 Å². The summed E-state index contributed by atoms with van der Waals surface area (Å²) in [5, 5.41) is 10.6. The van der Waals surface area contributed by atoms with E-state index in [0.29, 0.717) is 12.4 Å². The van der Waals surface area contributed by atoms with Crippen LogP contribution in [0, 0.1) is 10.1 Å². The number of nitrogens with zero attached hydrogens (tertiary/aromatic N) is 3. The number of imidazole rings is 1. The smallest absolute Gasteiger partial charge is 0.287 e. The Bertz CT molecular complexity index is 642. The summed E-state index contributed by atoms with van der Waals surface area (Å²) in [7, 11) is 1.61. The Morgan fingerprint density at radius 2 is 2.30 bits per heavy atom. The lowest BCUT2D eigenvalue weighted by Crippen LogP contribution is -2.26. The maximum Gasteiger partial charge on any atom is 0.287 e. The SMILES string of the molecule is CN(Cc1ncc[nH]1)C(=O)c1ccc([N+](=O)[O-])c(Cl)c1. The molecule has 1 amide bonds. The Morgan fingerprint density at radius 1 is 1.55 bits per heavy atom. The van der Waals surface area contributed by atoms with Gasteiger partial charge in [-0.05, 0) is 12.1 Å². The number of benzene rings is 1. The number of nitro benzene ring substituents is 1. The molecule has 0 radical (unpaired) electrons. The molecule has 1 aromatic carbocycles. The number of H-pyrrole nitrogens is 1. The highest BCUT2D eigenvalue weighted by Gasteiger charge is 2.18. The zero-order valence-corrected chi connectivity index (χ0v) is 11.3. The fourth-order valence-corrected chi connectivity index (χ4v) is 1.94. The minimum atomic E-state index is -0.594. The summed E-state index contributed by atoms with van der Waals surface area (Å²) in [5.74, 6) is 0.354. The van der Waals surface area contributed by atoms with Crippen molar-refractivity contribution in [1.29, 1.82) is 0 Å². The largest absolute Gasteiger partial charge is 0.347 e. The summed E-state index contributed by atoms with van der Waals surface area (Å²) in [5.41, 5.74) is 0.0616. The minimum Gasteiger partial charge on any atom is -0.347 e. The molecule has 0 aliphatic rings. The van der Waals surface area contributed by atoms with E-state index < -0.39 is 4.92 Å². The van der Waals surface area contributed by atoms with E-state index in [2.05, 4.69) is 9.97 Å². The van der Waals surface area contributed by atoms with Gasteiger partial charge >= 0.3 is 0 Å². The van der Waals surface area contributed by atoms with E-state index in [9.17, 15) is 14.9 Å². The minimum absolute atomic E-state index is 0.0627. The molecule has 1 heterocycles. The highest BCUT2D eigenvalue weighted by Crippen LogP contribution is 2.25. The van der Waals surface area contributed by atoms with Crippen LogP contribution in [0.15, 0.2) is 30.6 Å². The van der Waals surface area contributed by atoms with Gasteiger partial charge in [-0.2, -0.15) is 0 Å². The summed E-state index contributed by atoms with van der Waals surface area (Å²) in [4.78, 5) is 30.6. The normalized spacial score (nSPS) is 10.3. The Balaban J connectivity index is 2.16. The molecule has 0 atom stereocenters. The monoisotopic (exact) mass is 294 g/mol. The van der Waals surface area contributed by atoms with E-state index in [1.54, 1.807) is 19.4 Å². The molecule has 0 bridgehead atoms. The molecular formula is C12H11ClN4O3. The molecule has 1 aromatic heterocycles. The molecule has 7 nitrogen and oxygen atoms in total. The van der Waals surface area contributed by atoms with Gasteiger partial charge in [0.05, 0.1) is 11.5 Å². The van der Waals surface area contributed by atoms with Crippen LogP contribution in [0.2, 0.25) is 5.02 Å². The van der Waals surface area contributed by atoms with Crippen molar-refractivity contribution in [2.24, 2.45) is 0 Å². The fourth-order valence-electron chi connectivity index (χ4n) is 1.69. The second-order valence-electron chi connectivity index (χ2n) is 4.12. The van der Waals surface area contributed by atoms with Gasteiger partial charge in [0.1, 0.15) is 10.8 Å². The van der Waals surface area contributed by atoms with Gasteiger partial charge < -0.3 is 9.88 Å². The van der Waals surface area contributed by atoms with Crippen LogP contribution in [0.4, 0.5) is 5.69 Å². The Morgan fingerprint density at radius 3 is 2.85 bits per heavy atom. The molecular weight excluding hydrogens is 284 g/mol. The number of rotatable bonds is 4. The van der Waals surface area contributed by atoms with Crippen molar-refractivity contribution >= 4 is 23.2 Å². The predicted octanol–water partition coefficient (Wildman–Crippen LogP) is 2.24. The third-order valence-electron chi connectivity index (χ3n) is 2.68. The predicted molar refractivity (Wildman–Crippen MR) is 72.5 cm³/mol. The number of nitrogens with one attached hydrogen (secondary N) is 1. The first-order valence-electron chi connectivity index (χ1n) is 5.66. The van der Waals surface area contributed by atoms with Gasteiger partial charge in [0.15, 0.2) is 0 Å². The molecule has 2 rings (SSSR count). The first-order chi connectivity index (χ1) is 9.49. The van der Waals surface area contributed by atoms with Crippen LogP contribution in [0.25, 0.3) is 0 Å². The van der Waals surface area contributed by atoms with Crippen LogP contribution >= 0.6 is 11.6 Å². The molecule has 20 heavy (non-hydrogen) atoms. The average molecular weight is 295 g/mol. The quantitative estimate of drug-likeness (QED) is 0.691. The lowest BCUT2D eigenvalue weighted by Gasteiger charge is -2.15. The number of aromatic amines is 1. The number of aromatic nitrogens is 2. The van der Waals surface area contributed by atoms with E-state index in [0.717, 1.165) is 0 Å². The number of hydrogen-bond acceptors (Lipinski definition) is 4. The maximum absolute atomic E-state index is 12.2. The van der Waals surface area contributed by atoms with Gasteiger partial charge in [-0.3, -0.25) is 14.9 Å². The van der Waals surface area contributed by atoms with Gasteiger partial charge in [0.2, 0.25) is 0 Å². The van der Waals surface area contributed by atoms with Crippen molar-refractivity contribution in [3.63, 3.8) is 0 Å².